The van der Waals surface area contributed by atoms with Crippen LogP contribution in [0.25, 0.3) is 0 Å². The Bertz CT molecular complexity index is 259. The molecule has 0 saturated heterocycles. The van der Waals surface area contributed by atoms with Crippen LogP contribution in [0.4, 0.5) is 0 Å². The first-order chi connectivity index (χ1) is 12.6. The predicted molar refractivity (Wildman–Crippen MR) is 131 cm³/mol. The molecular weight excluding hydrogens is 399 g/mol. The second-order valence-corrected chi connectivity index (χ2v) is 18.3. The van der Waals surface area contributed by atoms with Crippen LogP contribution in [-0.2, 0) is 0 Å². The van der Waals surface area contributed by atoms with Gasteiger partial charge in [-0.05, 0) is 12.8 Å². The molecule has 158 valence electrons. The van der Waals surface area contributed by atoms with E-state index in [2.05, 4.69) is 35.7 Å². The lowest BCUT2D eigenvalue weighted by Crippen LogP contribution is -1.88. The molecule has 0 heterocycles. The van der Waals surface area contributed by atoms with E-state index in [9.17, 15) is 0 Å². The zero-order chi connectivity index (χ0) is 19.3. The molecule has 0 N–H and O–H groups in total. The summed E-state index contributed by atoms with van der Waals surface area (Å²) in [6, 6.07) is 0. The van der Waals surface area contributed by atoms with Crippen LogP contribution in [0.1, 0.15) is 135 Å². The molecule has 0 spiro atoms. The van der Waals surface area contributed by atoms with Gasteiger partial charge < -0.3 is 0 Å². The minimum atomic E-state index is -0.697. The fourth-order valence-electron chi connectivity index (χ4n) is 3.74. The maximum absolute atomic E-state index is 3.84. The monoisotopic (exact) mass is 449 g/mol. The van der Waals surface area contributed by atoms with E-state index in [0.29, 0.717) is 0 Å². The van der Waals surface area contributed by atoms with Gasteiger partial charge in [0.2, 0.25) is 0 Å². The second-order valence-electron chi connectivity index (χ2n) is 8.98. The van der Waals surface area contributed by atoms with E-state index in [4.69, 9.17) is 0 Å². The van der Waals surface area contributed by atoms with Crippen molar-refractivity contribution in [3.8, 4) is 0 Å². The van der Waals surface area contributed by atoms with E-state index in [-0.39, 0.29) is 0 Å². The van der Waals surface area contributed by atoms with Crippen molar-refractivity contribution in [2.24, 2.45) is 0 Å². The Morgan fingerprint density at radius 3 is 0.885 bits per heavy atom. The number of rotatable bonds is 21. The highest BCUT2D eigenvalue weighted by molar-refractivity contribution is 9.42. The maximum atomic E-state index is 3.84. The number of halogens is 1. The minimum absolute atomic E-state index is 0.697. The summed E-state index contributed by atoms with van der Waals surface area (Å²) < 4.78 is 0. The van der Waals surface area contributed by atoms with Crippen LogP contribution in [-0.4, -0.2) is 19.5 Å². The summed E-state index contributed by atoms with van der Waals surface area (Å²) in [5.41, 5.74) is 0. The summed E-state index contributed by atoms with van der Waals surface area (Å²) >= 11 is 3.84. The van der Waals surface area contributed by atoms with Crippen molar-refractivity contribution in [1.82, 2.24) is 0 Å². The highest BCUT2D eigenvalue weighted by Gasteiger charge is 2.19. The fraction of sp³-hybridized carbons (Fsp3) is 1.00. The van der Waals surface area contributed by atoms with Crippen molar-refractivity contribution in [2.75, 3.05) is 19.5 Å². The molecule has 0 fully saturated rings. The third-order valence-corrected chi connectivity index (χ3v) is 7.99. The zero-order valence-electron chi connectivity index (χ0n) is 18.7. The van der Waals surface area contributed by atoms with Crippen LogP contribution < -0.4 is 0 Å². The van der Waals surface area contributed by atoms with Crippen molar-refractivity contribution in [3.05, 3.63) is 0 Å². The molecular formula is C24H51BrP+. The molecule has 0 aliphatic heterocycles. The van der Waals surface area contributed by atoms with E-state index in [0.717, 1.165) is 0 Å². The average molecular weight is 451 g/mol. The lowest BCUT2D eigenvalue weighted by atomic mass is 10.0. The second kappa shape index (κ2) is 20.6. The third kappa shape index (κ3) is 24.9. The van der Waals surface area contributed by atoms with Crippen molar-refractivity contribution in [3.63, 3.8) is 0 Å². The molecule has 2 heteroatoms. The molecule has 0 rings (SSSR count). The van der Waals surface area contributed by atoms with Crippen LogP contribution in [0.5, 0.6) is 0 Å². The van der Waals surface area contributed by atoms with Gasteiger partial charge >= 0.3 is 0 Å². The van der Waals surface area contributed by atoms with Gasteiger partial charge in [0.15, 0.2) is 0 Å². The van der Waals surface area contributed by atoms with Gasteiger partial charge in [0.1, 0.15) is 15.5 Å². The zero-order valence-corrected chi connectivity index (χ0v) is 21.2. The highest BCUT2D eigenvalue weighted by atomic mass is 79.9. The average Bonchev–Trinajstić information content (AvgIpc) is 2.59. The molecule has 0 aromatic carbocycles. The van der Waals surface area contributed by atoms with E-state index in [1.54, 1.807) is 0 Å². The Hall–Kier alpha value is 0.910. The minimum Gasteiger partial charge on any atom is -0.0654 e. The lowest BCUT2D eigenvalue weighted by molar-refractivity contribution is 0.523. The van der Waals surface area contributed by atoms with Crippen LogP contribution in [0.2, 0.25) is 0 Å². The topological polar surface area (TPSA) is 0 Å². The third-order valence-electron chi connectivity index (χ3n) is 5.54. The van der Waals surface area contributed by atoms with E-state index < -0.39 is 5.96 Å². The summed E-state index contributed by atoms with van der Waals surface area (Å²) in [5.74, 6) is -0.697. The molecule has 0 aromatic heterocycles. The summed E-state index contributed by atoms with van der Waals surface area (Å²) in [6.45, 7) is 7.08. The molecule has 0 saturated carbocycles. The van der Waals surface area contributed by atoms with Crippen molar-refractivity contribution < 1.29 is 0 Å². The molecule has 26 heavy (non-hydrogen) atoms. The summed E-state index contributed by atoms with van der Waals surface area (Å²) in [4.78, 5) is 0. The molecule has 0 atom stereocenters. The van der Waals surface area contributed by atoms with E-state index in [1.165, 1.54) is 135 Å². The van der Waals surface area contributed by atoms with Gasteiger partial charge in [0.25, 0.3) is 0 Å². The first kappa shape index (κ1) is 26.9. The van der Waals surface area contributed by atoms with Gasteiger partial charge in [-0.25, -0.2) is 0 Å². The molecule has 0 aliphatic carbocycles. The van der Waals surface area contributed by atoms with Gasteiger partial charge in [0, 0.05) is 0 Å². The molecule has 0 bridgehead atoms. The number of unbranched alkanes of at least 4 members (excludes halogenated alkanes) is 19. The highest BCUT2D eigenvalue weighted by Crippen LogP contribution is 2.59. The molecule has 0 nitrogen and oxygen atoms in total. The Kier molecular flexibility index (Phi) is 21.4. The molecule has 0 aliphatic rings. The number of hydrogen-bond donors (Lipinski definition) is 0. The Balaban J connectivity index is 3.01. The van der Waals surface area contributed by atoms with Gasteiger partial charge in [-0.3, -0.25) is 0 Å². The van der Waals surface area contributed by atoms with Crippen LogP contribution in [0.3, 0.4) is 0 Å². The van der Waals surface area contributed by atoms with Crippen molar-refractivity contribution in [1.29, 1.82) is 0 Å². The van der Waals surface area contributed by atoms with Gasteiger partial charge in [-0.15, -0.1) is 0 Å². The van der Waals surface area contributed by atoms with E-state index in [1.807, 2.05) is 0 Å². The predicted octanol–water partition coefficient (Wildman–Crippen LogP) is 10.4. The molecule has 0 unspecified atom stereocenters. The smallest absolute Gasteiger partial charge is 0.0654 e. The molecule has 0 radical (unpaired) electrons. The molecule has 0 amide bonds. The normalized spacial score (nSPS) is 12.0. The SMILES string of the molecule is CCCCCCCCCCCCCCCCCCCCCC[P+](C)(C)Br. The van der Waals surface area contributed by atoms with Gasteiger partial charge in [0.05, 0.1) is 25.5 Å². The van der Waals surface area contributed by atoms with Crippen molar-refractivity contribution in [2.45, 2.75) is 135 Å². The summed E-state index contributed by atoms with van der Waals surface area (Å²) in [7, 11) is 0. The Morgan fingerprint density at radius 2 is 0.654 bits per heavy atom. The largest absolute Gasteiger partial charge is 0.138 e. The first-order valence-corrected chi connectivity index (χ1v) is 17.0. The summed E-state index contributed by atoms with van der Waals surface area (Å²) in [5, 5.41) is 0. The first-order valence-electron chi connectivity index (χ1n) is 12.1. The Morgan fingerprint density at radius 1 is 0.423 bits per heavy atom. The molecule has 0 aromatic rings. The number of hydrogen-bond acceptors (Lipinski definition) is 0. The van der Waals surface area contributed by atoms with Crippen molar-refractivity contribution >= 4 is 21.5 Å². The van der Waals surface area contributed by atoms with Crippen LogP contribution in [0.15, 0.2) is 0 Å². The van der Waals surface area contributed by atoms with Gasteiger partial charge in [-0.2, -0.15) is 0 Å². The quantitative estimate of drug-likeness (QED) is 0.120. The standard InChI is InChI=1S/C24H51BrP/c1-4-5-6-7-8-9-10-11-12-13-14-15-16-17-18-19-20-21-22-23-24-26(2,3)25/h4-24H2,1-3H3/q+1. The Labute approximate surface area is 176 Å². The van der Waals surface area contributed by atoms with E-state index >= 15 is 0 Å². The van der Waals surface area contributed by atoms with Crippen LogP contribution in [0, 0.1) is 0 Å². The summed E-state index contributed by atoms with van der Waals surface area (Å²) in [6.07, 6.45) is 30.8. The maximum Gasteiger partial charge on any atom is 0.138 e. The lowest BCUT2D eigenvalue weighted by Gasteiger charge is -2.07. The van der Waals surface area contributed by atoms with Crippen LogP contribution >= 0.6 is 21.5 Å². The van der Waals surface area contributed by atoms with Gasteiger partial charge in [-0.1, -0.05) is 122 Å². The fourth-order valence-corrected chi connectivity index (χ4v) is 5.47.